The van der Waals surface area contributed by atoms with Crippen molar-refractivity contribution in [2.75, 3.05) is 5.88 Å². The van der Waals surface area contributed by atoms with Crippen LogP contribution in [0.1, 0.15) is 17.0 Å². The van der Waals surface area contributed by atoms with Crippen LogP contribution in [0.25, 0.3) is 0 Å². The van der Waals surface area contributed by atoms with Crippen molar-refractivity contribution < 1.29 is 8.78 Å². The molecule has 0 aliphatic rings. The lowest BCUT2D eigenvalue weighted by molar-refractivity contribution is 0.595. The molecule has 0 aliphatic heterocycles. The van der Waals surface area contributed by atoms with Crippen LogP contribution in [-0.2, 0) is 6.42 Å². The van der Waals surface area contributed by atoms with Crippen LogP contribution in [0.15, 0.2) is 42.5 Å². The first-order chi connectivity index (χ1) is 9.10. The van der Waals surface area contributed by atoms with Gasteiger partial charge in [-0.05, 0) is 47.9 Å². The molecule has 100 valence electrons. The molecule has 0 amide bonds. The molecule has 0 bridgehead atoms. The largest absolute Gasteiger partial charge is 0.207 e. The minimum Gasteiger partial charge on any atom is -0.207 e. The van der Waals surface area contributed by atoms with Crippen LogP contribution < -0.4 is 0 Å². The smallest absolute Gasteiger partial charge is 0.126 e. The minimum atomic E-state index is -0.323. The summed E-state index contributed by atoms with van der Waals surface area (Å²) in [6, 6.07) is 10.6. The van der Waals surface area contributed by atoms with Gasteiger partial charge in [0.1, 0.15) is 11.6 Å². The molecule has 0 N–H and O–H groups in total. The molecule has 0 aromatic heterocycles. The quantitative estimate of drug-likeness (QED) is 0.682. The molecule has 1 unspecified atom stereocenters. The Kier molecular flexibility index (Phi) is 4.78. The molecular weight excluding hydrogens is 289 g/mol. The molecule has 4 heteroatoms. The highest BCUT2D eigenvalue weighted by atomic mass is 35.5. The molecule has 0 aliphatic carbocycles. The molecule has 0 saturated heterocycles. The van der Waals surface area contributed by atoms with Crippen LogP contribution >= 0.6 is 23.2 Å². The van der Waals surface area contributed by atoms with Gasteiger partial charge in [0.25, 0.3) is 0 Å². The lowest BCUT2D eigenvalue weighted by atomic mass is 9.93. The fraction of sp³-hybridized carbons (Fsp3) is 0.200. The van der Waals surface area contributed by atoms with Gasteiger partial charge in [-0.15, -0.1) is 11.6 Å². The van der Waals surface area contributed by atoms with Crippen LogP contribution in [-0.4, -0.2) is 5.88 Å². The standard InChI is InChI=1S/C15H12Cl2F2/c16-9-12(10-2-1-3-14(18)8-10)6-11-7-13(17)4-5-15(11)19/h1-5,7-8,12H,6,9H2. The van der Waals surface area contributed by atoms with Gasteiger partial charge in [-0.2, -0.15) is 0 Å². The first-order valence-electron chi connectivity index (χ1n) is 5.85. The van der Waals surface area contributed by atoms with Crippen molar-refractivity contribution in [3.63, 3.8) is 0 Å². The van der Waals surface area contributed by atoms with Crippen LogP contribution in [0.3, 0.4) is 0 Å². The molecular formula is C15H12Cl2F2. The summed E-state index contributed by atoms with van der Waals surface area (Å²) in [5, 5.41) is 0.476. The number of alkyl halides is 1. The highest BCUT2D eigenvalue weighted by molar-refractivity contribution is 6.30. The van der Waals surface area contributed by atoms with Gasteiger partial charge in [0.15, 0.2) is 0 Å². The number of hydrogen-bond acceptors (Lipinski definition) is 0. The highest BCUT2D eigenvalue weighted by Crippen LogP contribution is 2.26. The van der Waals surface area contributed by atoms with E-state index in [2.05, 4.69) is 0 Å². The van der Waals surface area contributed by atoms with Gasteiger partial charge < -0.3 is 0 Å². The van der Waals surface area contributed by atoms with Crippen molar-refractivity contribution in [1.29, 1.82) is 0 Å². The van der Waals surface area contributed by atoms with E-state index in [4.69, 9.17) is 23.2 Å². The molecule has 0 saturated carbocycles. The maximum absolute atomic E-state index is 13.7. The predicted octanol–water partition coefficient (Wildman–Crippen LogP) is 5.18. The monoisotopic (exact) mass is 300 g/mol. The third-order valence-electron chi connectivity index (χ3n) is 2.98. The normalized spacial score (nSPS) is 12.4. The van der Waals surface area contributed by atoms with Crippen molar-refractivity contribution in [2.45, 2.75) is 12.3 Å². The second-order valence-corrected chi connectivity index (χ2v) is 5.09. The molecule has 0 fully saturated rings. The number of rotatable bonds is 4. The van der Waals surface area contributed by atoms with Crippen LogP contribution in [0.5, 0.6) is 0 Å². The van der Waals surface area contributed by atoms with Crippen LogP contribution in [0.2, 0.25) is 5.02 Å². The molecule has 2 aromatic rings. The van der Waals surface area contributed by atoms with Gasteiger partial charge >= 0.3 is 0 Å². The predicted molar refractivity (Wildman–Crippen MR) is 75.0 cm³/mol. The second-order valence-electron chi connectivity index (χ2n) is 4.35. The summed E-state index contributed by atoms with van der Waals surface area (Å²) < 4.78 is 26.9. The van der Waals surface area contributed by atoms with Gasteiger partial charge in [0, 0.05) is 16.8 Å². The average Bonchev–Trinajstić information content (AvgIpc) is 2.39. The van der Waals surface area contributed by atoms with E-state index in [0.717, 1.165) is 5.56 Å². The molecule has 2 rings (SSSR count). The Bertz CT molecular complexity index is 570. The topological polar surface area (TPSA) is 0 Å². The van der Waals surface area contributed by atoms with Gasteiger partial charge in [-0.3, -0.25) is 0 Å². The summed E-state index contributed by atoms with van der Waals surface area (Å²) in [5.74, 6) is -0.504. The summed E-state index contributed by atoms with van der Waals surface area (Å²) in [6.07, 6.45) is 0.388. The first kappa shape index (κ1) is 14.3. The van der Waals surface area contributed by atoms with E-state index in [-0.39, 0.29) is 23.4 Å². The fourth-order valence-electron chi connectivity index (χ4n) is 1.99. The van der Waals surface area contributed by atoms with E-state index in [1.807, 2.05) is 0 Å². The molecule has 19 heavy (non-hydrogen) atoms. The van der Waals surface area contributed by atoms with Crippen LogP contribution in [0.4, 0.5) is 8.78 Å². The van der Waals surface area contributed by atoms with E-state index >= 15 is 0 Å². The third kappa shape index (κ3) is 3.68. The molecule has 0 heterocycles. The summed E-state index contributed by atoms with van der Waals surface area (Å²) >= 11 is 11.8. The number of benzene rings is 2. The minimum absolute atomic E-state index is 0.148. The maximum Gasteiger partial charge on any atom is 0.126 e. The first-order valence-corrected chi connectivity index (χ1v) is 6.76. The van der Waals surface area contributed by atoms with E-state index < -0.39 is 0 Å². The Morgan fingerprint density at radius 1 is 1.05 bits per heavy atom. The number of hydrogen-bond donors (Lipinski definition) is 0. The van der Waals surface area contributed by atoms with E-state index in [1.54, 1.807) is 18.2 Å². The Balaban J connectivity index is 2.26. The van der Waals surface area contributed by atoms with Gasteiger partial charge in [0.2, 0.25) is 0 Å². The molecule has 2 aromatic carbocycles. The SMILES string of the molecule is Fc1cccc(C(CCl)Cc2cc(Cl)ccc2F)c1. The Hall–Kier alpha value is -1.12. The Morgan fingerprint density at radius 2 is 1.84 bits per heavy atom. The second kappa shape index (κ2) is 6.36. The summed E-state index contributed by atoms with van der Waals surface area (Å²) in [4.78, 5) is 0. The van der Waals surface area contributed by atoms with Crippen molar-refractivity contribution >= 4 is 23.2 Å². The Labute approximate surface area is 121 Å². The zero-order valence-corrected chi connectivity index (χ0v) is 11.6. The summed E-state index contributed by atoms with van der Waals surface area (Å²) in [6.45, 7) is 0. The van der Waals surface area contributed by atoms with Gasteiger partial charge in [-0.25, -0.2) is 8.78 Å². The molecule has 0 nitrogen and oxygen atoms in total. The van der Waals surface area contributed by atoms with E-state index in [1.165, 1.54) is 24.3 Å². The van der Waals surface area contributed by atoms with E-state index in [9.17, 15) is 8.78 Å². The van der Waals surface area contributed by atoms with E-state index in [0.29, 0.717) is 17.0 Å². The lowest BCUT2D eigenvalue weighted by Crippen LogP contribution is -2.06. The van der Waals surface area contributed by atoms with Crippen molar-refractivity contribution in [3.8, 4) is 0 Å². The maximum atomic E-state index is 13.7. The van der Waals surface area contributed by atoms with Crippen molar-refractivity contribution in [1.82, 2.24) is 0 Å². The summed E-state index contributed by atoms with van der Waals surface area (Å²) in [5.41, 5.74) is 1.25. The molecule has 0 radical (unpaired) electrons. The molecule has 1 atom stereocenters. The zero-order valence-electron chi connectivity index (χ0n) is 10.0. The number of halogens is 4. The van der Waals surface area contributed by atoms with Crippen LogP contribution in [0, 0.1) is 11.6 Å². The van der Waals surface area contributed by atoms with Gasteiger partial charge in [-0.1, -0.05) is 23.7 Å². The summed E-state index contributed by atoms with van der Waals surface area (Å²) in [7, 11) is 0. The van der Waals surface area contributed by atoms with Crippen molar-refractivity contribution in [2.24, 2.45) is 0 Å². The average molecular weight is 301 g/mol. The Morgan fingerprint density at radius 3 is 2.53 bits per heavy atom. The zero-order chi connectivity index (χ0) is 13.8. The lowest BCUT2D eigenvalue weighted by Gasteiger charge is -2.15. The fourth-order valence-corrected chi connectivity index (χ4v) is 2.47. The highest BCUT2D eigenvalue weighted by Gasteiger charge is 2.14. The van der Waals surface area contributed by atoms with Crippen molar-refractivity contribution in [3.05, 3.63) is 70.2 Å². The van der Waals surface area contributed by atoms with Gasteiger partial charge in [0.05, 0.1) is 0 Å². The molecule has 0 spiro atoms. The third-order valence-corrected chi connectivity index (χ3v) is 3.59.